The van der Waals surface area contributed by atoms with E-state index in [9.17, 15) is 0 Å². The predicted molar refractivity (Wildman–Crippen MR) is 108 cm³/mol. The number of benzene rings is 1. The number of fused-ring (bicyclic) bond motifs is 3. The summed E-state index contributed by atoms with van der Waals surface area (Å²) in [5, 5.41) is 2.56. The zero-order valence-electron chi connectivity index (χ0n) is 15.9. The minimum atomic E-state index is 0.569. The van der Waals surface area contributed by atoms with Crippen molar-refractivity contribution in [3.63, 3.8) is 0 Å². The van der Waals surface area contributed by atoms with Crippen molar-refractivity contribution in [2.75, 3.05) is 0 Å². The van der Waals surface area contributed by atoms with Gasteiger partial charge in [0.1, 0.15) is 11.9 Å². The van der Waals surface area contributed by atoms with Gasteiger partial charge >= 0.3 is 0 Å². The first kappa shape index (κ1) is 15.9. The quantitative estimate of drug-likeness (QED) is 0.379. The Kier molecular flexibility index (Phi) is 3.26. The van der Waals surface area contributed by atoms with Crippen LogP contribution in [0.25, 0.3) is 32.4 Å². The van der Waals surface area contributed by atoms with Crippen LogP contribution in [0.1, 0.15) is 24.3 Å². The second-order valence-corrected chi connectivity index (χ2v) is 8.95. The van der Waals surface area contributed by atoms with E-state index in [-0.39, 0.29) is 0 Å². The lowest BCUT2D eigenvalue weighted by Gasteiger charge is -2.20. The van der Waals surface area contributed by atoms with Crippen LogP contribution in [0.4, 0.5) is 0 Å². The molecule has 0 saturated heterocycles. The zero-order valence-corrected chi connectivity index (χ0v) is 16.7. The van der Waals surface area contributed by atoms with E-state index in [1.54, 1.807) is 0 Å². The molecule has 132 valence electrons. The Hall–Kier alpha value is -2.33. The van der Waals surface area contributed by atoms with Gasteiger partial charge in [-0.05, 0) is 25.3 Å². The zero-order chi connectivity index (χ0) is 18.2. The van der Waals surface area contributed by atoms with E-state index in [1.807, 2.05) is 11.3 Å². The van der Waals surface area contributed by atoms with Crippen LogP contribution >= 0.6 is 11.3 Å². The predicted octanol–water partition coefficient (Wildman–Crippen LogP) is 5.50. The lowest BCUT2D eigenvalue weighted by Crippen LogP contribution is -2.34. The van der Waals surface area contributed by atoms with Crippen LogP contribution in [0, 0.1) is 12.8 Å². The van der Waals surface area contributed by atoms with E-state index in [0.29, 0.717) is 5.92 Å². The van der Waals surface area contributed by atoms with Crippen molar-refractivity contribution in [2.45, 2.75) is 27.2 Å². The number of thiophene rings is 1. The molecule has 1 aromatic carbocycles. The third-order valence-corrected chi connectivity index (χ3v) is 6.62. The maximum atomic E-state index is 6.57. The number of aromatic nitrogens is 2. The van der Waals surface area contributed by atoms with Crippen LogP contribution in [0.2, 0.25) is 0 Å². The van der Waals surface area contributed by atoms with E-state index >= 15 is 0 Å². The van der Waals surface area contributed by atoms with Gasteiger partial charge in [0.25, 0.3) is 5.69 Å². The largest absolute Gasteiger partial charge is 0.448 e. The van der Waals surface area contributed by atoms with Crippen molar-refractivity contribution in [1.82, 2.24) is 4.57 Å². The van der Waals surface area contributed by atoms with E-state index in [1.165, 1.54) is 42.8 Å². The molecule has 0 atom stereocenters. The average molecular weight is 364 g/mol. The number of para-hydroxylation sites is 1. The van der Waals surface area contributed by atoms with Crippen LogP contribution in [-0.4, -0.2) is 4.57 Å². The molecule has 4 heteroatoms. The molecular formula is C22H23N2OS+. The summed E-state index contributed by atoms with van der Waals surface area (Å²) < 4.78 is 11.1. The standard InChI is InChI=1S/C22H23N2OS/c1-12(2)10-15-14-8-6-7-9-16(14)24(5)20-18-13(3)26-22-19(18)17(11-23(22)4)25-21(15)20/h6-9,11-12H,10H2,1-5H3/q+1. The molecule has 0 bridgehead atoms. The summed E-state index contributed by atoms with van der Waals surface area (Å²) >= 11 is 1.86. The summed E-state index contributed by atoms with van der Waals surface area (Å²) in [5.74, 6) is 2.61. The molecule has 0 fully saturated rings. The first-order valence-electron chi connectivity index (χ1n) is 9.17. The van der Waals surface area contributed by atoms with Crippen molar-refractivity contribution >= 4 is 32.5 Å². The Morgan fingerprint density at radius 3 is 2.77 bits per heavy atom. The summed E-state index contributed by atoms with van der Waals surface area (Å²) in [5.41, 5.74) is 5.17. The molecule has 3 aromatic heterocycles. The molecule has 26 heavy (non-hydrogen) atoms. The third-order valence-electron chi connectivity index (χ3n) is 5.42. The molecule has 0 spiro atoms. The molecule has 0 radical (unpaired) electrons. The van der Waals surface area contributed by atoms with E-state index in [4.69, 9.17) is 4.74 Å². The van der Waals surface area contributed by atoms with Gasteiger partial charge in [-0.1, -0.05) is 26.0 Å². The Morgan fingerprint density at radius 2 is 2.00 bits per heavy atom. The van der Waals surface area contributed by atoms with Gasteiger partial charge in [0.05, 0.1) is 16.3 Å². The van der Waals surface area contributed by atoms with Crippen molar-refractivity contribution in [3.05, 3.63) is 40.9 Å². The SMILES string of the molecule is Cc1sc2c3c(cn2C)Oc2c(CC(C)C)c4ccccc4[n+](C)c2-c13. The Morgan fingerprint density at radius 1 is 1.23 bits per heavy atom. The molecule has 0 unspecified atom stereocenters. The van der Waals surface area contributed by atoms with Crippen LogP contribution in [0.5, 0.6) is 11.5 Å². The van der Waals surface area contributed by atoms with Crippen LogP contribution in [0.3, 0.4) is 0 Å². The van der Waals surface area contributed by atoms with Gasteiger partial charge in [0, 0.05) is 29.8 Å². The summed E-state index contributed by atoms with van der Waals surface area (Å²) in [7, 11) is 4.27. The van der Waals surface area contributed by atoms with E-state index in [2.05, 4.69) is 74.5 Å². The Bertz CT molecular complexity index is 1200. The first-order chi connectivity index (χ1) is 12.5. The number of hydrogen-bond acceptors (Lipinski definition) is 2. The molecule has 1 aliphatic heterocycles. The summed E-state index contributed by atoms with van der Waals surface area (Å²) in [6, 6.07) is 8.71. The number of rotatable bonds is 2. The highest BCUT2D eigenvalue weighted by atomic mass is 32.1. The maximum Gasteiger partial charge on any atom is 0.258 e. The Labute approximate surface area is 157 Å². The topological polar surface area (TPSA) is 18.0 Å². The fourth-order valence-corrected chi connectivity index (χ4v) is 5.43. The van der Waals surface area contributed by atoms with Crippen molar-refractivity contribution in [1.29, 1.82) is 0 Å². The first-order valence-corrected chi connectivity index (χ1v) is 9.99. The molecule has 4 aromatic rings. The third kappa shape index (κ3) is 1.96. The molecule has 1 aliphatic rings. The summed E-state index contributed by atoms with van der Waals surface area (Å²) in [4.78, 5) is 2.65. The van der Waals surface area contributed by atoms with Gasteiger partial charge in [-0.15, -0.1) is 11.3 Å². The molecular weight excluding hydrogens is 340 g/mol. The maximum absolute atomic E-state index is 6.57. The van der Waals surface area contributed by atoms with Crippen LogP contribution in [-0.2, 0) is 20.5 Å². The number of hydrogen-bond donors (Lipinski definition) is 0. The lowest BCUT2D eigenvalue weighted by molar-refractivity contribution is -0.633. The molecule has 0 amide bonds. The summed E-state index contributed by atoms with van der Waals surface area (Å²) in [6.07, 6.45) is 3.14. The van der Waals surface area contributed by atoms with E-state index in [0.717, 1.165) is 17.9 Å². The highest BCUT2D eigenvalue weighted by molar-refractivity contribution is 7.19. The van der Waals surface area contributed by atoms with Gasteiger partial charge in [-0.3, -0.25) is 0 Å². The van der Waals surface area contributed by atoms with Gasteiger partial charge in [0.15, 0.2) is 5.75 Å². The van der Waals surface area contributed by atoms with Crippen molar-refractivity contribution in [3.8, 4) is 22.8 Å². The van der Waals surface area contributed by atoms with E-state index < -0.39 is 0 Å². The fourth-order valence-electron chi connectivity index (χ4n) is 4.34. The molecule has 3 nitrogen and oxygen atoms in total. The molecule has 5 rings (SSSR count). The number of aryl methyl sites for hydroxylation is 3. The minimum absolute atomic E-state index is 0.569. The Balaban J connectivity index is 1.97. The monoisotopic (exact) mass is 363 g/mol. The van der Waals surface area contributed by atoms with Crippen molar-refractivity contribution in [2.24, 2.45) is 20.0 Å². The number of nitrogens with zero attached hydrogens (tertiary/aromatic N) is 2. The highest BCUT2D eigenvalue weighted by Crippen LogP contribution is 2.52. The fraction of sp³-hybridized carbons (Fsp3) is 0.318. The van der Waals surface area contributed by atoms with Gasteiger partial charge < -0.3 is 9.30 Å². The minimum Gasteiger partial charge on any atom is -0.448 e. The second-order valence-electron chi connectivity index (χ2n) is 7.75. The van der Waals surface area contributed by atoms with Crippen LogP contribution < -0.4 is 9.30 Å². The lowest BCUT2D eigenvalue weighted by atomic mass is 9.93. The molecule has 0 aliphatic carbocycles. The molecule has 0 N–H and O–H groups in total. The van der Waals surface area contributed by atoms with Crippen molar-refractivity contribution < 1.29 is 9.30 Å². The smallest absolute Gasteiger partial charge is 0.258 e. The van der Waals surface area contributed by atoms with Gasteiger partial charge in [-0.2, -0.15) is 4.57 Å². The second kappa shape index (κ2) is 5.34. The normalized spacial score (nSPS) is 12.8. The van der Waals surface area contributed by atoms with Crippen LogP contribution in [0.15, 0.2) is 30.5 Å². The average Bonchev–Trinajstić information content (AvgIpc) is 3.11. The van der Waals surface area contributed by atoms with Gasteiger partial charge in [-0.25, -0.2) is 0 Å². The number of ether oxygens (including phenoxy) is 1. The van der Waals surface area contributed by atoms with Gasteiger partial charge in [0.2, 0.25) is 11.3 Å². The molecule has 0 saturated carbocycles. The summed E-state index contributed by atoms with van der Waals surface area (Å²) in [6.45, 7) is 6.79. The molecule has 4 heterocycles. The highest BCUT2D eigenvalue weighted by Gasteiger charge is 2.36. The number of pyridine rings is 1.